The van der Waals surface area contributed by atoms with Crippen molar-refractivity contribution < 1.29 is 0 Å². The van der Waals surface area contributed by atoms with Gasteiger partial charge in [-0.05, 0) is 30.7 Å². The Morgan fingerprint density at radius 1 is 1.32 bits per heavy atom. The van der Waals surface area contributed by atoms with Gasteiger partial charge in [-0.2, -0.15) is 11.8 Å². The molecule has 1 saturated heterocycles. The molecule has 1 fully saturated rings. The lowest BCUT2D eigenvalue weighted by atomic mass is 10.2. The minimum atomic E-state index is 0. The number of nitrogens with zero attached hydrogens (tertiary/aromatic N) is 2. The van der Waals surface area contributed by atoms with Gasteiger partial charge in [0.1, 0.15) is 0 Å². The Morgan fingerprint density at radius 3 is 2.73 bits per heavy atom. The van der Waals surface area contributed by atoms with Gasteiger partial charge in [-0.25, -0.2) is 0 Å². The third kappa shape index (κ3) is 6.64. The third-order valence-corrected chi connectivity index (χ3v) is 5.08. The summed E-state index contributed by atoms with van der Waals surface area (Å²) in [5, 5.41) is 7.55. The fourth-order valence-electron chi connectivity index (χ4n) is 2.39. The molecule has 0 amide bonds. The number of para-hydroxylation sites is 1. The van der Waals surface area contributed by atoms with Crippen LogP contribution in [0.4, 0.5) is 5.69 Å². The van der Waals surface area contributed by atoms with E-state index in [1.54, 1.807) is 0 Å². The lowest BCUT2D eigenvalue weighted by Crippen LogP contribution is -2.42. The van der Waals surface area contributed by atoms with E-state index in [9.17, 15) is 0 Å². The van der Waals surface area contributed by atoms with Crippen molar-refractivity contribution in [1.29, 1.82) is 0 Å². The largest absolute Gasteiger partial charge is 0.373 e. The molecule has 22 heavy (non-hydrogen) atoms. The van der Waals surface area contributed by atoms with Crippen molar-refractivity contribution in [3.8, 4) is 0 Å². The SMILES string of the molecule is CN=C(NCCN(C)c1ccccc1)NCC1CCCS1.I. The number of guanidine groups is 1. The molecule has 1 aromatic carbocycles. The molecule has 0 aromatic heterocycles. The predicted octanol–water partition coefficient (Wildman–Crippen LogP) is 2.80. The second kappa shape index (κ2) is 11.0. The van der Waals surface area contributed by atoms with Crippen molar-refractivity contribution >= 4 is 47.4 Å². The van der Waals surface area contributed by atoms with E-state index in [1.807, 2.05) is 13.1 Å². The highest BCUT2D eigenvalue weighted by Crippen LogP contribution is 2.25. The van der Waals surface area contributed by atoms with Gasteiger partial charge < -0.3 is 15.5 Å². The third-order valence-electron chi connectivity index (χ3n) is 3.68. The van der Waals surface area contributed by atoms with E-state index >= 15 is 0 Å². The maximum atomic E-state index is 4.29. The summed E-state index contributed by atoms with van der Waals surface area (Å²) in [5.74, 6) is 2.21. The van der Waals surface area contributed by atoms with Crippen molar-refractivity contribution in [2.45, 2.75) is 18.1 Å². The molecule has 0 bridgehead atoms. The number of benzene rings is 1. The summed E-state index contributed by atoms with van der Waals surface area (Å²) in [7, 11) is 3.94. The molecule has 1 aliphatic rings. The van der Waals surface area contributed by atoms with Crippen LogP contribution in [0.25, 0.3) is 0 Å². The number of thioether (sulfide) groups is 1. The molecular weight excluding hydrogens is 407 g/mol. The van der Waals surface area contributed by atoms with E-state index in [0.717, 1.165) is 30.8 Å². The number of hydrogen-bond donors (Lipinski definition) is 2. The fraction of sp³-hybridized carbons (Fsp3) is 0.562. The summed E-state index contributed by atoms with van der Waals surface area (Å²) in [6.07, 6.45) is 2.68. The summed E-state index contributed by atoms with van der Waals surface area (Å²) >= 11 is 2.07. The van der Waals surface area contributed by atoms with Crippen molar-refractivity contribution in [2.75, 3.05) is 44.4 Å². The topological polar surface area (TPSA) is 39.7 Å². The molecule has 1 aromatic rings. The Kier molecular flexibility index (Phi) is 9.70. The maximum Gasteiger partial charge on any atom is 0.191 e. The van der Waals surface area contributed by atoms with E-state index in [0.29, 0.717) is 0 Å². The summed E-state index contributed by atoms with van der Waals surface area (Å²) in [6.45, 7) is 2.84. The molecule has 0 spiro atoms. The van der Waals surface area contributed by atoms with Crippen LogP contribution < -0.4 is 15.5 Å². The summed E-state index contributed by atoms with van der Waals surface area (Å²) in [6, 6.07) is 10.4. The Balaban J connectivity index is 0.00000242. The molecule has 2 rings (SSSR count). The van der Waals surface area contributed by atoms with Crippen LogP contribution in [0, 0.1) is 0 Å². The average Bonchev–Trinajstić information content (AvgIpc) is 3.04. The molecule has 6 heteroatoms. The zero-order chi connectivity index (χ0) is 14.9. The van der Waals surface area contributed by atoms with Crippen LogP contribution in [0.5, 0.6) is 0 Å². The van der Waals surface area contributed by atoms with Gasteiger partial charge in [0.2, 0.25) is 0 Å². The lowest BCUT2D eigenvalue weighted by Gasteiger charge is -2.20. The van der Waals surface area contributed by atoms with Crippen LogP contribution in [-0.2, 0) is 0 Å². The van der Waals surface area contributed by atoms with Gasteiger partial charge >= 0.3 is 0 Å². The second-order valence-corrected chi connectivity index (χ2v) is 6.68. The number of halogens is 1. The Morgan fingerprint density at radius 2 is 2.09 bits per heavy atom. The highest BCUT2D eigenvalue weighted by Gasteiger charge is 2.15. The Bertz CT molecular complexity index is 435. The molecule has 1 heterocycles. The smallest absolute Gasteiger partial charge is 0.191 e. The first-order valence-corrected chi connectivity index (χ1v) is 8.67. The monoisotopic (exact) mass is 434 g/mol. The van der Waals surface area contributed by atoms with E-state index in [-0.39, 0.29) is 24.0 Å². The first kappa shape index (κ1) is 19.4. The first-order valence-electron chi connectivity index (χ1n) is 7.62. The number of nitrogens with one attached hydrogen (secondary N) is 2. The minimum Gasteiger partial charge on any atom is -0.373 e. The van der Waals surface area contributed by atoms with E-state index in [1.165, 1.54) is 24.3 Å². The van der Waals surface area contributed by atoms with E-state index in [4.69, 9.17) is 0 Å². The quantitative estimate of drug-likeness (QED) is 0.411. The first-order chi connectivity index (χ1) is 10.3. The van der Waals surface area contributed by atoms with Gasteiger partial charge in [0.15, 0.2) is 5.96 Å². The number of anilines is 1. The molecule has 4 nitrogen and oxygen atoms in total. The summed E-state index contributed by atoms with van der Waals surface area (Å²) in [5.41, 5.74) is 1.24. The van der Waals surface area contributed by atoms with Crippen LogP contribution in [0.1, 0.15) is 12.8 Å². The van der Waals surface area contributed by atoms with Crippen LogP contribution >= 0.6 is 35.7 Å². The van der Waals surface area contributed by atoms with Gasteiger partial charge in [-0.1, -0.05) is 18.2 Å². The molecular formula is C16H27IN4S. The number of likely N-dealkylation sites (N-methyl/N-ethyl adjacent to an activating group) is 1. The normalized spacial score (nSPS) is 17.7. The van der Waals surface area contributed by atoms with Crippen LogP contribution in [0.3, 0.4) is 0 Å². The highest BCUT2D eigenvalue weighted by atomic mass is 127. The number of aliphatic imine (C=N–C) groups is 1. The van der Waals surface area contributed by atoms with Gasteiger partial charge in [0.25, 0.3) is 0 Å². The molecule has 124 valence electrons. The molecule has 1 atom stereocenters. The summed E-state index contributed by atoms with van der Waals surface area (Å²) < 4.78 is 0. The molecule has 1 unspecified atom stereocenters. The van der Waals surface area contributed by atoms with Crippen molar-refractivity contribution in [2.24, 2.45) is 4.99 Å². The predicted molar refractivity (Wildman–Crippen MR) is 110 cm³/mol. The van der Waals surface area contributed by atoms with Crippen molar-refractivity contribution in [3.05, 3.63) is 30.3 Å². The molecule has 0 saturated carbocycles. The minimum absolute atomic E-state index is 0. The molecule has 1 aliphatic heterocycles. The van der Waals surface area contributed by atoms with Gasteiger partial charge in [0.05, 0.1) is 0 Å². The van der Waals surface area contributed by atoms with E-state index < -0.39 is 0 Å². The Labute approximate surface area is 155 Å². The zero-order valence-electron chi connectivity index (χ0n) is 13.4. The van der Waals surface area contributed by atoms with Crippen LogP contribution in [0.15, 0.2) is 35.3 Å². The van der Waals surface area contributed by atoms with Gasteiger partial charge in [-0.15, -0.1) is 24.0 Å². The van der Waals surface area contributed by atoms with Crippen LogP contribution in [0.2, 0.25) is 0 Å². The molecule has 2 N–H and O–H groups in total. The number of hydrogen-bond acceptors (Lipinski definition) is 3. The lowest BCUT2D eigenvalue weighted by molar-refractivity contribution is 0.722. The molecule has 0 radical (unpaired) electrons. The highest BCUT2D eigenvalue weighted by molar-refractivity contribution is 14.0. The van der Waals surface area contributed by atoms with Gasteiger partial charge in [-0.3, -0.25) is 4.99 Å². The zero-order valence-corrected chi connectivity index (χ0v) is 16.6. The number of rotatable bonds is 6. The molecule has 0 aliphatic carbocycles. The summed E-state index contributed by atoms with van der Waals surface area (Å²) in [4.78, 5) is 6.53. The standard InChI is InChI=1S/C16H26N4S.HI/c1-17-16(19-13-15-9-6-12-21-15)18-10-11-20(2)14-7-4-3-5-8-14;/h3-5,7-8,15H,6,9-13H2,1-2H3,(H2,17,18,19);1H. The van der Waals surface area contributed by atoms with E-state index in [2.05, 4.69) is 63.6 Å². The average molecular weight is 434 g/mol. The van der Waals surface area contributed by atoms with Crippen molar-refractivity contribution in [3.63, 3.8) is 0 Å². The van der Waals surface area contributed by atoms with Gasteiger partial charge in [0, 0.05) is 44.7 Å². The van der Waals surface area contributed by atoms with Crippen LogP contribution in [-0.4, -0.2) is 50.7 Å². The maximum absolute atomic E-state index is 4.29. The van der Waals surface area contributed by atoms with Crippen molar-refractivity contribution in [1.82, 2.24) is 10.6 Å². The fourth-order valence-corrected chi connectivity index (χ4v) is 3.59. The second-order valence-electron chi connectivity index (χ2n) is 5.27. The Hall–Kier alpha value is -0.630.